The molecule has 0 unspecified atom stereocenters. The summed E-state index contributed by atoms with van der Waals surface area (Å²) in [5, 5.41) is 2.74. The number of ether oxygens (including phenoxy) is 1. The summed E-state index contributed by atoms with van der Waals surface area (Å²) in [5.74, 6) is -0.336. The number of carbonyl (C=O) groups excluding carboxylic acids is 1. The lowest BCUT2D eigenvalue weighted by Crippen LogP contribution is -2.54. The quantitative estimate of drug-likeness (QED) is 0.765. The molecule has 1 saturated heterocycles. The van der Waals surface area contributed by atoms with Crippen molar-refractivity contribution in [1.29, 1.82) is 0 Å². The van der Waals surface area contributed by atoms with E-state index in [-0.39, 0.29) is 23.2 Å². The molecule has 0 aromatic heterocycles. The van der Waals surface area contributed by atoms with E-state index < -0.39 is 15.6 Å². The molecule has 3 rings (SSSR count). The van der Waals surface area contributed by atoms with Crippen molar-refractivity contribution >= 4 is 39.7 Å². The molecule has 0 bridgehead atoms. The van der Waals surface area contributed by atoms with E-state index >= 15 is 0 Å². The van der Waals surface area contributed by atoms with Gasteiger partial charge in [-0.3, -0.25) is 9.10 Å². The number of hydrogen-bond acceptors (Lipinski definition) is 5. The second-order valence-electron chi connectivity index (χ2n) is 6.56. The van der Waals surface area contributed by atoms with Crippen LogP contribution in [0.4, 0.5) is 11.4 Å². The van der Waals surface area contributed by atoms with Crippen molar-refractivity contribution in [2.75, 3.05) is 29.9 Å². The van der Waals surface area contributed by atoms with Crippen molar-refractivity contribution in [3.63, 3.8) is 0 Å². The third-order valence-electron chi connectivity index (χ3n) is 4.71. The molecule has 2 aromatic rings. The summed E-state index contributed by atoms with van der Waals surface area (Å²) >= 11 is 0. The molecule has 9 heteroatoms. The van der Waals surface area contributed by atoms with Gasteiger partial charge in [-0.05, 0) is 43.2 Å². The van der Waals surface area contributed by atoms with Gasteiger partial charge in [-0.15, -0.1) is 12.4 Å². The zero-order valence-electron chi connectivity index (χ0n) is 15.5. The summed E-state index contributed by atoms with van der Waals surface area (Å²) in [4.78, 5) is 12.6. The maximum Gasteiger partial charge on any atom is 0.264 e. The molecule has 0 spiro atoms. The fourth-order valence-corrected chi connectivity index (χ4v) is 4.13. The van der Waals surface area contributed by atoms with Crippen molar-refractivity contribution < 1.29 is 17.9 Å². The van der Waals surface area contributed by atoms with Crippen molar-refractivity contribution in [2.45, 2.75) is 23.3 Å². The zero-order chi connectivity index (χ0) is 19.5. The van der Waals surface area contributed by atoms with Crippen LogP contribution in [0.2, 0.25) is 0 Å². The van der Waals surface area contributed by atoms with Crippen molar-refractivity contribution in [2.24, 2.45) is 5.73 Å². The lowest BCUT2D eigenvalue weighted by molar-refractivity contribution is -0.124. The molecule has 1 aliphatic rings. The van der Waals surface area contributed by atoms with Gasteiger partial charge in [-0.2, -0.15) is 0 Å². The standard InChI is InChI=1S/C19H23N3O4S.ClH/c1-22(16-7-3-2-4-8-16)27(24,25)17-9-5-6-15(14-17)21-18(23)19(20)10-12-26-13-11-19;/h2-9,14H,10-13,20H2,1H3,(H,21,23);1H. The largest absolute Gasteiger partial charge is 0.381 e. The molecule has 3 N–H and O–H groups in total. The van der Waals surface area contributed by atoms with Gasteiger partial charge in [0.05, 0.1) is 10.6 Å². The Morgan fingerprint density at radius 1 is 1.11 bits per heavy atom. The van der Waals surface area contributed by atoms with Gasteiger partial charge in [0.25, 0.3) is 10.0 Å². The van der Waals surface area contributed by atoms with E-state index in [1.807, 2.05) is 6.07 Å². The van der Waals surface area contributed by atoms with E-state index in [1.54, 1.807) is 36.4 Å². The van der Waals surface area contributed by atoms with Crippen LogP contribution < -0.4 is 15.4 Å². The molecule has 7 nitrogen and oxygen atoms in total. The van der Waals surface area contributed by atoms with E-state index in [1.165, 1.54) is 23.5 Å². The number of rotatable bonds is 5. The fourth-order valence-electron chi connectivity index (χ4n) is 2.89. The minimum atomic E-state index is -3.76. The number of nitrogens with zero attached hydrogens (tertiary/aromatic N) is 1. The maximum absolute atomic E-state index is 12.9. The second-order valence-corrected chi connectivity index (χ2v) is 8.53. The first-order chi connectivity index (χ1) is 12.8. The first kappa shape index (κ1) is 22.2. The summed E-state index contributed by atoms with van der Waals surface area (Å²) < 4.78 is 32.3. The monoisotopic (exact) mass is 425 g/mol. The second kappa shape index (κ2) is 8.91. The van der Waals surface area contributed by atoms with Gasteiger partial charge < -0.3 is 15.8 Å². The number of amides is 1. The summed E-state index contributed by atoms with van der Waals surface area (Å²) in [6, 6.07) is 15.0. The Balaban J connectivity index is 0.00000280. The number of anilines is 2. The summed E-state index contributed by atoms with van der Waals surface area (Å²) in [6.45, 7) is 0.862. The number of nitrogens with two attached hydrogens (primary N) is 1. The first-order valence-corrected chi connectivity index (χ1v) is 10.1. The molecule has 1 amide bonds. The highest BCUT2D eigenvalue weighted by atomic mass is 35.5. The number of sulfonamides is 1. The zero-order valence-corrected chi connectivity index (χ0v) is 17.1. The molecule has 152 valence electrons. The fraction of sp³-hybridized carbons (Fsp3) is 0.316. The number of para-hydroxylation sites is 1. The van der Waals surface area contributed by atoms with Gasteiger partial charge in [0.1, 0.15) is 5.54 Å². The lowest BCUT2D eigenvalue weighted by Gasteiger charge is -2.31. The van der Waals surface area contributed by atoms with Gasteiger partial charge in [0.2, 0.25) is 5.91 Å². The SMILES string of the molecule is CN(c1ccccc1)S(=O)(=O)c1cccc(NC(=O)C2(N)CCOCC2)c1.Cl. The van der Waals surface area contributed by atoms with Crippen LogP contribution in [-0.4, -0.2) is 40.1 Å². The van der Waals surface area contributed by atoms with E-state index in [4.69, 9.17) is 10.5 Å². The van der Waals surface area contributed by atoms with Crippen LogP contribution >= 0.6 is 12.4 Å². The number of halogens is 1. The van der Waals surface area contributed by atoms with Crippen LogP contribution in [0.3, 0.4) is 0 Å². The number of nitrogens with one attached hydrogen (secondary N) is 1. The Morgan fingerprint density at radius 2 is 1.75 bits per heavy atom. The lowest BCUT2D eigenvalue weighted by atomic mass is 9.90. The Morgan fingerprint density at radius 3 is 2.39 bits per heavy atom. The molecule has 1 aliphatic heterocycles. The molecular formula is C19H24ClN3O4S. The minimum Gasteiger partial charge on any atom is -0.381 e. The molecule has 0 radical (unpaired) electrons. The van der Waals surface area contributed by atoms with Gasteiger partial charge in [0, 0.05) is 25.9 Å². The smallest absolute Gasteiger partial charge is 0.264 e. The number of hydrogen-bond donors (Lipinski definition) is 2. The molecule has 2 aromatic carbocycles. The van der Waals surface area contributed by atoms with E-state index in [9.17, 15) is 13.2 Å². The summed E-state index contributed by atoms with van der Waals surface area (Å²) in [6.07, 6.45) is 0.848. The Labute approximate surface area is 171 Å². The van der Waals surface area contributed by atoms with Crippen molar-refractivity contribution in [1.82, 2.24) is 0 Å². The highest BCUT2D eigenvalue weighted by Crippen LogP contribution is 2.25. The minimum absolute atomic E-state index is 0. The van der Waals surface area contributed by atoms with E-state index in [0.717, 1.165) is 0 Å². The van der Waals surface area contributed by atoms with Crippen LogP contribution in [0.5, 0.6) is 0 Å². The molecule has 28 heavy (non-hydrogen) atoms. The van der Waals surface area contributed by atoms with E-state index in [0.29, 0.717) is 37.4 Å². The maximum atomic E-state index is 12.9. The Bertz CT molecular complexity index is 916. The molecule has 0 aliphatic carbocycles. The van der Waals surface area contributed by atoms with Crippen molar-refractivity contribution in [3.05, 3.63) is 54.6 Å². The van der Waals surface area contributed by atoms with Crippen LogP contribution in [0.25, 0.3) is 0 Å². The predicted octanol–water partition coefficient (Wildman–Crippen LogP) is 2.38. The normalized spacial score (nSPS) is 15.9. The highest BCUT2D eigenvalue weighted by molar-refractivity contribution is 7.92. The third-order valence-corrected chi connectivity index (χ3v) is 6.49. The van der Waals surface area contributed by atoms with Gasteiger partial charge >= 0.3 is 0 Å². The topological polar surface area (TPSA) is 102 Å². The molecule has 0 atom stereocenters. The third kappa shape index (κ3) is 4.64. The van der Waals surface area contributed by atoms with Crippen LogP contribution in [0, 0.1) is 0 Å². The van der Waals surface area contributed by atoms with Gasteiger partial charge in [-0.1, -0.05) is 24.3 Å². The summed E-state index contributed by atoms with van der Waals surface area (Å²) in [7, 11) is -2.27. The average molecular weight is 426 g/mol. The van der Waals surface area contributed by atoms with Crippen LogP contribution in [-0.2, 0) is 19.6 Å². The van der Waals surface area contributed by atoms with E-state index in [2.05, 4.69) is 5.32 Å². The predicted molar refractivity (Wildman–Crippen MR) is 111 cm³/mol. The number of benzene rings is 2. The Kier molecular flexibility index (Phi) is 7.06. The van der Waals surface area contributed by atoms with Crippen molar-refractivity contribution in [3.8, 4) is 0 Å². The summed E-state index contributed by atoms with van der Waals surface area (Å²) in [5.41, 5.74) is 6.11. The van der Waals surface area contributed by atoms with Crippen LogP contribution in [0.1, 0.15) is 12.8 Å². The highest BCUT2D eigenvalue weighted by Gasteiger charge is 2.36. The van der Waals surface area contributed by atoms with Gasteiger partial charge in [0.15, 0.2) is 0 Å². The average Bonchev–Trinajstić information content (AvgIpc) is 2.69. The molecule has 0 saturated carbocycles. The molecule has 1 fully saturated rings. The van der Waals surface area contributed by atoms with Gasteiger partial charge in [-0.25, -0.2) is 8.42 Å². The number of carbonyl (C=O) groups is 1. The Hall–Kier alpha value is -2.13. The van der Waals surface area contributed by atoms with Crippen LogP contribution in [0.15, 0.2) is 59.5 Å². The molecular weight excluding hydrogens is 402 g/mol. The first-order valence-electron chi connectivity index (χ1n) is 8.65. The molecule has 1 heterocycles.